The van der Waals surface area contributed by atoms with Crippen molar-refractivity contribution in [3.8, 4) is 11.6 Å². The number of anilines is 1. The molecule has 1 amide bonds. The second-order valence-electron chi connectivity index (χ2n) is 5.68. The lowest BCUT2D eigenvalue weighted by atomic mass is 10.2. The number of halogens is 2. The highest BCUT2D eigenvalue weighted by Gasteiger charge is 2.09. The summed E-state index contributed by atoms with van der Waals surface area (Å²) in [6.45, 7) is 0.291. The minimum atomic E-state index is -0.251. The predicted molar refractivity (Wildman–Crippen MR) is 108 cm³/mol. The van der Waals surface area contributed by atoms with Crippen molar-refractivity contribution in [3.63, 3.8) is 0 Å². The molecule has 1 aromatic heterocycles. The third kappa shape index (κ3) is 5.12. The van der Waals surface area contributed by atoms with Gasteiger partial charge >= 0.3 is 0 Å². The minimum Gasteiger partial charge on any atom is -0.439 e. The molecule has 0 aliphatic carbocycles. The predicted octanol–water partition coefficient (Wildman–Crippen LogP) is 5.15. The number of benzene rings is 2. The fraction of sp³-hybridized carbons (Fsp3) is 0.100. The van der Waals surface area contributed by atoms with Crippen LogP contribution in [0, 0.1) is 0 Å². The fourth-order valence-electron chi connectivity index (χ4n) is 2.36. The SMILES string of the molecule is CNc1ccc(Oc2cc(C(=O)NCc3ccc(Cl)cc3Cl)ccn2)cc1. The van der Waals surface area contributed by atoms with E-state index in [1.165, 1.54) is 6.20 Å². The summed E-state index contributed by atoms with van der Waals surface area (Å²) >= 11 is 12.0. The Bertz CT molecular complexity index is 946. The van der Waals surface area contributed by atoms with Crippen LogP contribution in [-0.4, -0.2) is 17.9 Å². The van der Waals surface area contributed by atoms with E-state index in [4.69, 9.17) is 27.9 Å². The van der Waals surface area contributed by atoms with Gasteiger partial charge in [0.25, 0.3) is 5.91 Å². The van der Waals surface area contributed by atoms with Crippen molar-refractivity contribution < 1.29 is 9.53 Å². The first kappa shape index (κ1) is 19.0. The summed E-state index contributed by atoms with van der Waals surface area (Å²) in [6, 6.07) is 15.8. The van der Waals surface area contributed by atoms with Gasteiger partial charge in [0.15, 0.2) is 0 Å². The first-order valence-electron chi connectivity index (χ1n) is 8.19. The zero-order valence-corrected chi connectivity index (χ0v) is 16.0. The summed E-state index contributed by atoms with van der Waals surface area (Å²) in [6.07, 6.45) is 1.53. The Morgan fingerprint density at radius 1 is 1.07 bits per heavy atom. The van der Waals surface area contributed by atoms with Gasteiger partial charge < -0.3 is 15.4 Å². The van der Waals surface area contributed by atoms with Crippen LogP contribution in [0.3, 0.4) is 0 Å². The largest absolute Gasteiger partial charge is 0.439 e. The molecule has 0 saturated carbocycles. The number of nitrogens with one attached hydrogen (secondary N) is 2. The Hall–Kier alpha value is -2.76. The van der Waals surface area contributed by atoms with Crippen molar-refractivity contribution in [2.45, 2.75) is 6.54 Å². The molecule has 3 rings (SSSR count). The van der Waals surface area contributed by atoms with Crippen LogP contribution in [0.25, 0.3) is 0 Å². The number of carbonyl (C=O) groups excluding carboxylic acids is 1. The molecule has 5 nitrogen and oxygen atoms in total. The Balaban J connectivity index is 1.65. The fourth-order valence-corrected chi connectivity index (χ4v) is 2.83. The molecule has 0 aliphatic rings. The normalized spacial score (nSPS) is 10.3. The number of hydrogen-bond acceptors (Lipinski definition) is 4. The van der Waals surface area contributed by atoms with E-state index in [2.05, 4.69) is 15.6 Å². The molecule has 1 heterocycles. The van der Waals surface area contributed by atoms with E-state index in [9.17, 15) is 4.79 Å². The molecular formula is C20H17Cl2N3O2. The number of nitrogens with zero attached hydrogens (tertiary/aromatic N) is 1. The quantitative estimate of drug-likeness (QED) is 0.599. The van der Waals surface area contributed by atoms with Crippen molar-refractivity contribution in [1.82, 2.24) is 10.3 Å². The molecule has 7 heteroatoms. The number of hydrogen-bond donors (Lipinski definition) is 2. The summed E-state index contributed by atoms with van der Waals surface area (Å²) in [7, 11) is 1.84. The standard InChI is InChI=1S/C20H17Cl2N3O2/c1-23-16-4-6-17(7-5-16)27-19-10-13(8-9-24-19)20(26)25-12-14-2-3-15(21)11-18(14)22/h2-11,23H,12H2,1H3,(H,25,26). The molecule has 0 fully saturated rings. The van der Waals surface area contributed by atoms with Crippen molar-refractivity contribution in [2.24, 2.45) is 0 Å². The van der Waals surface area contributed by atoms with Crippen LogP contribution < -0.4 is 15.4 Å². The molecule has 2 aromatic carbocycles. The lowest BCUT2D eigenvalue weighted by Gasteiger charge is -2.09. The van der Waals surface area contributed by atoms with Crippen molar-refractivity contribution >= 4 is 34.8 Å². The third-order valence-electron chi connectivity index (χ3n) is 3.82. The summed E-state index contributed by atoms with van der Waals surface area (Å²) in [5.74, 6) is 0.718. The molecule has 0 spiro atoms. The van der Waals surface area contributed by atoms with Crippen LogP contribution in [-0.2, 0) is 6.54 Å². The lowest BCUT2D eigenvalue weighted by molar-refractivity contribution is 0.0950. The monoisotopic (exact) mass is 401 g/mol. The summed E-state index contributed by atoms with van der Waals surface area (Å²) in [5.41, 5.74) is 2.20. The smallest absolute Gasteiger partial charge is 0.251 e. The molecular weight excluding hydrogens is 385 g/mol. The van der Waals surface area contributed by atoms with Gasteiger partial charge in [0.05, 0.1) is 0 Å². The van der Waals surface area contributed by atoms with Crippen LogP contribution in [0.15, 0.2) is 60.8 Å². The first-order chi connectivity index (χ1) is 13.0. The molecule has 138 valence electrons. The zero-order valence-electron chi connectivity index (χ0n) is 14.5. The van der Waals surface area contributed by atoms with Gasteiger partial charge in [0.1, 0.15) is 5.75 Å². The van der Waals surface area contributed by atoms with E-state index in [0.29, 0.717) is 33.8 Å². The number of rotatable bonds is 6. The van der Waals surface area contributed by atoms with Crippen LogP contribution >= 0.6 is 23.2 Å². The number of pyridine rings is 1. The van der Waals surface area contributed by atoms with Crippen LogP contribution in [0.5, 0.6) is 11.6 Å². The van der Waals surface area contributed by atoms with Gasteiger partial charge in [0.2, 0.25) is 5.88 Å². The van der Waals surface area contributed by atoms with E-state index in [0.717, 1.165) is 11.3 Å². The Morgan fingerprint density at radius 3 is 2.56 bits per heavy atom. The van der Waals surface area contributed by atoms with Gasteiger partial charge in [-0.1, -0.05) is 29.3 Å². The Labute approximate surface area is 167 Å². The molecule has 27 heavy (non-hydrogen) atoms. The highest BCUT2D eigenvalue weighted by atomic mass is 35.5. The number of amides is 1. The average molecular weight is 402 g/mol. The molecule has 0 aliphatic heterocycles. The molecule has 2 N–H and O–H groups in total. The second kappa shape index (κ2) is 8.75. The Morgan fingerprint density at radius 2 is 1.85 bits per heavy atom. The van der Waals surface area contributed by atoms with Crippen LogP contribution in [0.1, 0.15) is 15.9 Å². The maximum atomic E-state index is 12.4. The van der Waals surface area contributed by atoms with E-state index in [1.807, 2.05) is 31.3 Å². The Kier molecular flexibility index (Phi) is 6.16. The molecule has 3 aromatic rings. The van der Waals surface area contributed by atoms with Crippen molar-refractivity contribution in [2.75, 3.05) is 12.4 Å². The van der Waals surface area contributed by atoms with Crippen molar-refractivity contribution in [1.29, 1.82) is 0 Å². The lowest BCUT2D eigenvalue weighted by Crippen LogP contribution is -2.23. The van der Waals surface area contributed by atoms with Crippen LogP contribution in [0.2, 0.25) is 10.0 Å². The molecule has 0 radical (unpaired) electrons. The zero-order chi connectivity index (χ0) is 19.2. The maximum absolute atomic E-state index is 12.4. The average Bonchev–Trinajstić information content (AvgIpc) is 2.68. The summed E-state index contributed by atoms with van der Waals surface area (Å²) in [5, 5.41) is 6.92. The van der Waals surface area contributed by atoms with E-state index in [-0.39, 0.29) is 5.91 Å². The number of carbonyl (C=O) groups is 1. The first-order valence-corrected chi connectivity index (χ1v) is 8.94. The topological polar surface area (TPSA) is 63.2 Å². The van der Waals surface area contributed by atoms with Gasteiger partial charge in [0, 0.05) is 47.2 Å². The van der Waals surface area contributed by atoms with E-state index < -0.39 is 0 Å². The van der Waals surface area contributed by atoms with Gasteiger partial charge in [-0.15, -0.1) is 0 Å². The highest BCUT2D eigenvalue weighted by Crippen LogP contribution is 2.23. The maximum Gasteiger partial charge on any atom is 0.251 e. The number of ether oxygens (including phenoxy) is 1. The summed E-state index contributed by atoms with van der Waals surface area (Å²) in [4.78, 5) is 16.6. The van der Waals surface area contributed by atoms with Gasteiger partial charge in [-0.05, 0) is 48.0 Å². The van der Waals surface area contributed by atoms with Gasteiger partial charge in [-0.3, -0.25) is 4.79 Å². The molecule has 0 unspecified atom stereocenters. The molecule has 0 saturated heterocycles. The molecule has 0 atom stereocenters. The van der Waals surface area contributed by atoms with Crippen LogP contribution in [0.4, 0.5) is 5.69 Å². The third-order valence-corrected chi connectivity index (χ3v) is 4.40. The highest BCUT2D eigenvalue weighted by molar-refractivity contribution is 6.35. The van der Waals surface area contributed by atoms with E-state index in [1.54, 1.807) is 30.3 Å². The molecule has 0 bridgehead atoms. The van der Waals surface area contributed by atoms with E-state index >= 15 is 0 Å². The van der Waals surface area contributed by atoms with Gasteiger partial charge in [-0.2, -0.15) is 0 Å². The number of aromatic nitrogens is 1. The van der Waals surface area contributed by atoms with Crippen molar-refractivity contribution in [3.05, 3.63) is 82.0 Å². The second-order valence-corrected chi connectivity index (χ2v) is 6.52. The van der Waals surface area contributed by atoms with Gasteiger partial charge in [-0.25, -0.2) is 4.98 Å². The summed E-state index contributed by atoms with van der Waals surface area (Å²) < 4.78 is 5.71. The minimum absolute atomic E-state index is 0.251.